The number of aromatic nitrogens is 1. The van der Waals surface area contributed by atoms with E-state index in [4.69, 9.17) is 9.15 Å². The van der Waals surface area contributed by atoms with Crippen LogP contribution in [0.1, 0.15) is 33.3 Å². The van der Waals surface area contributed by atoms with Gasteiger partial charge >= 0.3 is 0 Å². The number of carbonyl (C=O) groups is 2. The van der Waals surface area contributed by atoms with Crippen molar-refractivity contribution in [2.45, 2.75) is 19.9 Å². The number of para-hydroxylation sites is 1. The molecule has 2 aromatic carbocycles. The first kappa shape index (κ1) is 21.5. The van der Waals surface area contributed by atoms with E-state index in [-0.39, 0.29) is 11.3 Å². The van der Waals surface area contributed by atoms with Gasteiger partial charge in [0.25, 0.3) is 5.91 Å². The average Bonchev–Trinajstić information content (AvgIpc) is 3.40. The van der Waals surface area contributed by atoms with Crippen molar-refractivity contribution in [2.24, 2.45) is 0 Å². The van der Waals surface area contributed by atoms with Gasteiger partial charge in [0.1, 0.15) is 0 Å². The Morgan fingerprint density at radius 1 is 1.06 bits per heavy atom. The molecule has 34 heavy (non-hydrogen) atoms. The van der Waals surface area contributed by atoms with Gasteiger partial charge in [-0.1, -0.05) is 18.2 Å². The molecule has 7 nitrogen and oxygen atoms in total. The SMILES string of the molecule is COc1cccc2cc(C(=O)C3=C(O)C(=O)N(c4ccc(C)c(C)c4)C3c3ccncc3)oc12. The molecule has 0 saturated heterocycles. The number of Topliss-reactive ketones (excluding diaryl/α,β-unsaturated/α-hetero) is 1. The number of aryl methyl sites for hydroxylation is 2. The van der Waals surface area contributed by atoms with Crippen LogP contribution in [-0.2, 0) is 4.79 Å². The number of aliphatic hydroxyl groups excluding tert-OH is 1. The normalized spacial score (nSPS) is 15.9. The zero-order valence-electron chi connectivity index (χ0n) is 18.9. The van der Waals surface area contributed by atoms with Gasteiger partial charge in [-0.15, -0.1) is 0 Å². The third-order valence-electron chi connectivity index (χ3n) is 6.19. The van der Waals surface area contributed by atoms with E-state index in [9.17, 15) is 14.7 Å². The molecule has 0 bridgehead atoms. The Hall–Kier alpha value is -4.39. The van der Waals surface area contributed by atoms with Crippen molar-refractivity contribution >= 4 is 28.3 Å². The highest BCUT2D eigenvalue weighted by molar-refractivity contribution is 6.20. The van der Waals surface area contributed by atoms with Crippen molar-refractivity contribution in [3.63, 3.8) is 0 Å². The van der Waals surface area contributed by atoms with E-state index in [2.05, 4.69) is 4.98 Å². The third-order valence-corrected chi connectivity index (χ3v) is 6.19. The topological polar surface area (TPSA) is 92.9 Å². The van der Waals surface area contributed by atoms with Gasteiger partial charge in [0.15, 0.2) is 22.9 Å². The Labute approximate surface area is 195 Å². The number of ketones is 1. The minimum atomic E-state index is -0.847. The van der Waals surface area contributed by atoms with E-state index in [0.717, 1.165) is 11.1 Å². The van der Waals surface area contributed by atoms with Gasteiger partial charge in [-0.05, 0) is 66.9 Å². The summed E-state index contributed by atoms with van der Waals surface area (Å²) in [6.07, 6.45) is 3.17. The Balaban J connectivity index is 1.66. The van der Waals surface area contributed by atoms with Crippen LogP contribution >= 0.6 is 0 Å². The Kier molecular flexibility index (Phi) is 5.17. The largest absolute Gasteiger partial charge is 0.503 e. The molecular formula is C27H22N2O5. The Morgan fingerprint density at radius 3 is 2.53 bits per heavy atom. The van der Waals surface area contributed by atoms with Gasteiger partial charge in [-0.25, -0.2) is 0 Å². The number of fused-ring (bicyclic) bond motifs is 1. The van der Waals surface area contributed by atoms with Crippen LogP contribution in [0.3, 0.4) is 0 Å². The van der Waals surface area contributed by atoms with Gasteiger partial charge in [0, 0.05) is 23.5 Å². The lowest BCUT2D eigenvalue weighted by Gasteiger charge is -2.27. The van der Waals surface area contributed by atoms with Crippen molar-refractivity contribution in [3.05, 3.63) is 101 Å². The molecule has 0 spiro atoms. The first-order valence-corrected chi connectivity index (χ1v) is 10.8. The minimum Gasteiger partial charge on any atom is -0.503 e. The Bertz CT molecular complexity index is 1470. The van der Waals surface area contributed by atoms with Crippen LogP contribution < -0.4 is 9.64 Å². The average molecular weight is 454 g/mol. The fourth-order valence-corrected chi connectivity index (χ4v) is 4.28. The number of hydrogen-bond acceptors (Lipinski definition) is 6. The molecule has 0 radical (unpaired) electrons. The molecule has 1 aliphatic rings. The number of furan rings is 1. The summed E-state index contributed by atoms with van der Waals surface area (Å²) in [6.45, 7) is 3.92. The number of nitrogens with zero attached hydrogens (tertiary/aromatic N) is 2. The van der Waals surface area contributed by atoms with Crippen molar-refractivity contribution < 1.29 is 23.8 Å². The molecule has 2 aromatic heterocycles. The van der Waals surface area contributed by atoms with Gasteiger partial charge in [-0.2, -0.15) is 0 Å². The molecule has 1 unspecified atom stereocenters. The summed E-state index contributed by atoms with van der Waals surface area (Å²) in [5.41, 5.74) is 3.65. The number of methoxy groups -OCH3 is 1. The van der Waals surface area contributed by atoms with Gasteiger partial charge in [-0.3, -0.25) is 19.5 Å². The fourth-order valence-electron chi connectivity index (χ4n) is 4.28. The number of amides is 1. The molecule has 3 heterocycles. The first-order chi connectivity index (χ1) is 16.4. The molecular weight excluding hydrogens is 432 g/mol. The highest BCUT2D eigenvalue weighted by Crippen LogP contribution is 2.43. The van der Waals surface area contributed by atoms with E-state index in [1.165, 1.54) is 12.0 Å². The summed E-state index contributed by atoms with van der Waals surface area (Å²) >= 11 is 0. The Morgan fingerprint density at radius 2 is 1.82 bits per heavy atom. The summed E-state index contributed by atoms with van der Waals surface area (Å²) in [7, 11) is 1.52. The maximum Gasteiger partial charge on any atom is 0.294 e. The van der Waals surface area contributed by atoms with Crippen LogP contribution in [0.25, 0.3) is 11.0 Å². The standard InChI is InChI=1S/C27H22N2O5/c1-15-7-8-19(13-16(15)2)29-23(17-9-11-28-12-10-17)22(25(31)27(29)32)24(30)21-14-18-5-4-6-20(33-3)26(18)34-21/h4-14,23,31H,1-3H3. The lowest BCUT2D eigenvalue weighted by atomic mass is 9.95. The van der Waals surface area contributed by atoms with E-state index in [1.54, 1.807) is 54.9 Å². The lowest BCUT2D eigenvalue weighted by Crippen LogP contribution is -2.31. The number of hydrogen-bond donors (Lipinski definition) is 1. The zero-order chi connectivity index (χ0) is 24.0. The molecule has 7 heteroatoms. The fraction of sp³-hybridized carbons (Fsp3) is 0.148. The van der Waals surface area contributed by atoms with E-state index in [1.807, 2.05) is 26.0 Å². The number of pyridine rings is 1. The zero-order valence-corrected chi connectivity index (χ0v) is 18.9. The molecule has 4 aromatic rings. The summed E-state index contributed by atoms with van der Waals surface area (Å²) in [4.78, 5) is 32.5. The summed E-state index contributed by atoms with van der Waals surface area (Å²) in [5, 5.41) is 11.6. The van der Waals surface area contributed by atoms with Gasteiger partial charge in [0.05, 0.1) is 18.7 Å². The van der Waals surface area contributed by atoms with Crippen molar-refractivity contribution in [2.75, 3.05) is 12.0 Å². The molecule has 1 atom stereocenters. The quantitative estimate of drug-likeness (QED) is 0.415. The third kappa shape index (κ3) is 3.33. The molecule has 1 amide bonds. The molecule has 5 rings (SSSR count). The van der Waals surface area contributed by atoms with Gasteiger partial charge < -0.3 is 14.3 Å². The number of anilines is 1. The smallest absolute Gasteiger partial charge is 0.294 e. The monoisotopic (exact) mass is 454 g/mol. The molecule has 1 N–H and O–H groups in total. The van der Waals surface area contributed by atoms with Crippen LogP contribution in [0.5, 0.6) is 5.75 Å². The highest BCUT2D eigenvalue weighted by atomic mass is 16.5. The highest BCUT2D eigenvalue weighted by Gasteiger charge is 2.45. The predicted octanol–water partition coefficient (Wildman–Crippen LogP) is 5.24. The second kappa shape index (κ2) is 8.19. The summed E-state index contributed by atoms with van der Waals surface area (Å²) in [6, 6.07) is 15.1. The molecule has 1 aliphatic heterocycles. The van der Waals surface area contributed by atoms with E-state index in [0.29, 0.717) is 28.0 Å². The first-order valence-electron chi connectivity index (χ1n) is 10.8. The van der Waals surface area contributed by atoms with Crippen LogP contribution in [-0.4, -0.2) is 28.9 Å². The van der Waals surface area contributed by atoms with Crippen LogP contribution in [0.4, 0.5) is 5.69 Å². The van der Waals surface area contributed by atoms with E-state index < -0.39 is 23.5 Å². The minimum absolute atomic E-state index is 0.00911. The second-order valence-electron chi connectivity index (χ2n) is 8.21. The summed E-state index contributed by atoms with van der Waals surface area (Å²) in [5.74, 6) is -1.33. The van der Waals surface area contributed by atoms with Gasteiger partial charge in [0.2, 0.25) is 5.78 Å². The number of benzene rings is 2. The van der Waals surface area contributed by atoms with Crippen molar-refractivity contribution in [3.8, 4) is 5.75 Å². The molecule has 0 fully saturated rings. The van der Waals surface area contributed by atoms with Crippen molar-refractivity contribution in [1.82, 2.24) is 4.98 Å². The lowest BCUT2D eigenvalue weighted by molar-refractivity contribution is -0.117. The second-order valence-corrected chi connectivity index (χ2v) is 8.21. The van der Waals surface area contributed by atoms with Crippen LogP contribution in [0.2, 0.25) is 0 Å². The maximum absolute atomic E-state index is 13.7. The van der Waals surface area contributed by atoms with Crippen LogP contribution in [0.15, 0.2) is 82.7 Å². The maximum atomic E-state index is 13.7. The molecule has 170 valence electrons. The molecule has 0 aliphatic carbocycles. The van der Waals surface area contributed by atoms with E-state index >= 15 is 0 Å². The number of rotatable bonds is 5. The summed E-state index contributed by atoms with van der Waals surface area (Å²) < 4.78 is 11.2. The van der Waals surface area contributed by atoms with Crippen LogP contribution in [0, 0.1) is 13.8 Å². The predicted molar refractivity (Wildman–Crippen MR) is 127 cm³/mol. The number of aliphatic hydroxyl groups is 1. The van der Waals surface area contributed by atoms with Crippen molar-refractivity contribution in [1.29, 1.82) is 0 Å². The number of carbonyl (C=O) groups excluding carboxylic acids is 2. The molecule has 0 saturated carbocycles. The number of ether oxygens (including phenoxy) is 1.